The van der Waals surface area contributed by atoms with Crippen LogP contribution in [0.25, 0.3) is 16.9 Å². The van der Waals surface area contributed by atoms with Gasteiger partial charge in [0.05, 0.1) is 22.8 Å². The van der Waals surface area contributed by atoms with Crippen molar-refractivity contribution in [3.63, 3.8) is 0 Å². The van der Waals surface area contributed by atoms with Gasteiger partial charge in [-0.2, -0.15) is 26.3 Å². The van der Waals surface area contributed by atoms with E-state index in [0.717, 1.165) is 4.68 Å². The molecule has 1 aromatic heterocycles. The number of hydrogen-bond donors (Lipinski definition) is 1. The summed E-state index contributed by atoms with van der Waals surface area (Å²) in [6.07, 6.45) is -11.4. The first-order chi connectivity index (χ1) is 14.7. The Bertz CT molecular complexity index is 1120. The maximum atomic E-state index is 14.3. The van der Waals surface area contributed by atoms with Gasteiger partial charge in [-0.3, -0.25) is 0 Å². The van der Waals surface area contributed by atoms with Crippen LogP contribution in [0.2, 0.25) is 15.1 Å². The molecule has 2 aromatic carbocycles. The summed E-state index contributed by atoms with van der Waals surface area (Å²) < 4.78 is 93.3. The highest BCUT2D eigenvalue weighted by atomic mass is 35.5. The lowest BCUT2D eigenvalue weighted by Gasteiger charge is -2.30. The quantitative estimate of drug-likeness (QED) is 0.389. The van der Waals surface area contributed by atoms with Gasteiger partial charge in [-0.25, -0.2) is 9.07 Å². The second kappa shape index (κ2) is 8.36. The lowest BCUT2D eigenvalue weighted by Crippen LogP contribution is -2.50. The number of rotatable bonds is 4. The largest absolute Gasteiger partial charge is 0.435 e. The molecule has 0 saturated carbocycles. The minimum atomic E-state index is -6.32. The number of aliphatic hydroxyl groups excluding tert-OH is 1. The Morgan fingerprint density at radius 3 is 1.91 bits per heavy atom. The van der Waals surface area contributed by atoms with Crippen molar-refractivity contribution in [3.05, 3.63) is 62.7 Å². The smallest absolute Gasteiger partial charge is 0.392 e. The molecule has 0 fully saturated rings. The van der Waals surface area contributed by atoms with Gasteiger partial charge in [0.25, 0.3) is 0 Å². The van der Waals surface area contributed by atoms with Gasteiger partial charge in [0.1, 0.15) is 11.4 Å². The molecule has 0 aliphatic rings. The van der Waals surface area contributed by atoms with E-state index in [0.29, 0.717) is 11.1 Å². The standard InChI is InChI=1S/C18H9Cl3F7N3O/c19-11-2-1-8(3-9(11)7-32)14-6-31(30-29-14)15-12(20)4-10(5-13(15)21)16(22,17(23,24)25)18(26,27)28/h1-6,32H,7H2. The summed E-state index contributed by atoms with van der Waals surface area (Å²) in [5.74, 6) is 0. The van der Waals surface area contributed by atoms with Crippen LogP contribution in [0, 0.1) is 0 Å². The first-order valence-corrected chi connectivity index (χ1v) is 9.48. The van der Waals surface area contributed by atoms with Gasteiger partial charge < -0.3 is 5.11 Å². The number of alkyl halides is 7. The Morgan fingerprint density at radius 1 is 0.844 bits per heavy atom. The minimum absolute atomic E-state index is 0.178. The topological polar surface area (TPSA) is 50.9 Å². The lowest BCUT2D eigenvalue weighted by molar-refractivity contribution is -0.348. The third-order valence-electron chi connectivity index (χ3n) is 4.43. The van der Waals surface area contributed by atoms with E-state index in [2.05, 4.69) is 10.3 Å². The van der Waals surface area contributed by atoms with E-state index >= 15 is 0 Å². The Hall–Kier alpha value is -2.08. The van der Waals surface area contributed by atoms with E-state index in [4.69, 9.17) is 34.8 Å². The SMILES string of the molecule is OCc1cc(-c2cn(-c3c(Cl)cc(C(F)(C(F)(F)F)C(F)(F)F)cc3Cl)nn2)ccc1Cl. The van der Waals surface area contributed by atoms with E-state index in [9.17, 15) is 35.8 Å². The van der Waals surface area contributed by atoms with Crippen molar-refractivity contribution in [3.8, 4) is 16.9 Å². The van der Waals surface area contributed by atoms with Crippen LogP contribution < -0.4 is 0 Å². The van der Waals surface area contributed by atoms with Crippen LogP contribution in [-0.2, 0) is 12.3 Å². The molecule has 0 atom stereocenters. The van der Waals surface area contributed by atoms with Gasteiger partial charge in [0.2, 0.25) is 0 Å². The maximum Gasteiger partial charge on any atom is 0.435 e. The maximum absolute atomic E-state index is 14.3. The van der Waals surface area contributed by atoms with E-state index in [1.807, 2.05) is 0 Å². The van der Waals surface area contributed by atoms with Crippen molar-refractivity contribution in [1.29, 1.82) is 0 Å². The third kappa shape index (κ3) is 4.14. The number of hydrogen-bond acceptors (Lipinski definition) is 3. The Balaban J connectivity index is 2.09. The average molecular weight is 523 g/mol. The van der Waals surface area contributed by atoms with Crippen LogP contribution in [0.1, 0.15) is 11.1 Å². The fraction of sp³-hybridized carbons (Fsp3) is 0.222. The van der Waals surface area contributed by atoms with Crippen LogP contribution in [0.3, 0.4) is 0 Å². The summed E-state index contributed by atoms with van der Waals surface area (Å²) in [7, 11) is 0. The van der Waals surface area contributed by atoms with Crippen molar-refractivity contribution in [1.82, 2.24) is 15.0 Å². The predicted molar refractivity (Wildman–Crippen MR) is 103 cm³/mol. The van der Waals surface area contributed by atoms with Crippen LogP contribution in [-0.4, -0.2) is 32.5 Å². The summed E-state index contributed by atoms with van der Waals surface area (Å²) in [5, 5.41) is 15.7. The fourth-order valence-electron chi connectivity index (χ4n) is 2.83. The highest BCUT2D eigenvalue weighted by Gasteiger charge is 2.73. The summed E-state index contributed by atoms with van der Waals surface area (Å²) in [5.41, 5.74) is -6.84. The molecule has 0 spiro atoms. The van der Waals surface area contributed by atoms with Gasteiger partial charge in [-0.1, -0.05) is 46.1 Å². The van der Waals surface area contributed by atoms with Crippen LogP contribution in [0.5, 0.6) is 0 Å². The molecule has 1 N–H and O–H groups in total. The molecule has 0 amide bonds. The van der Waals surface area contributed by atoms with Crippen molar-refractivity contribution in [2.24, 2.45) is 0 Å². The molecule has 0 unspecified atom stereocenters. The molecule has 0 aliphatic carbocycles. The molecular weight excluding hydrogens is 514 g/mol. The van der Waals surface area contributed by atoms with Crippen molar-refractivity contribution in [2.75, 3.05) is 0 Å². The third-order valence-corrected chi connectivity index (χ3v) is 5.38. The predicted octanol–water partition coefficient (Wildman–Crippen LogP) is 6.68. The molecule has 0 bridgehead atoms. The van der Waals surface area contributed by atoms with Crippen LogP contribution in [0.4, 0.5) is 30.7 Å². The van der Waals surface area contributed by atoms with Crippen LogP contribution in [0.15, 0.2) is 36.5 Å². The normalized spacial score (nSPS) is 13.0. The fourth-order valence-corrected chi connectivity index (χ4v) is 3.67. The Labute approximate surface area is 190 Å². The molecule has 1 heterocycles. The minimum Gasteiger partial charge on any atom is -0.392 e. The molecule has 0 aliphatic heterocycles. The molecule has 0 radical (unpaired) electrons. The highest BCUT2D eigenvalue weighted by Crippen LogP contribution is 2.54. The number of halogens is 10. The average Bonchev–Trinajstić information content (AvgIpc) is 3.14. The van der Waals surface area contributed by atoms with Gasteiger partial charge in [0, 0.05) is 16.1 Å². The van der Waals surface area contributed by atoms with Crippen molar-refractivity contribution < 1.29 is 35.8 Å². The molecule has 3 rings (SSSR count). The molecular formula is C18H9Cl3F7N3O. The number of aromatic nitrogens is 3. The lowest BCUT2D eigenvalue weighted by atomic mass is 9.94. The van der Waals surface area contributed by atoms with Crippen molar-refractivity contribution in [2.45, 2.75) is 24.6 Å². The van der Waals surface area contributed by atoms with Gasteiger partial charge in [-0.05, 0) is 29.8 Å². The molecule has 4 nitrogen and oxygen atoms in total. The molecule has 3 aromatic rings. The zero-order chi connectivity index (χ0) is 24.1. The molecule has 14 heteroatoms. The van der Waals surface area contributed by atoms with E-state index < -0.39 is 33.6 Å². The monoisotopic (exact) mass is 521 g/mol. The molecule has 172 valence electrons. The summed E-state index contributed by atoms with van der Waals surface area (Å²) in [4.78, 5) is 0. The number of aliphatic hydroxyl groups is 1. The first-order valence-electron chi connectivity index (χ1n) is 8.35. The zero-order valence-corrected chi connectivity index (χ0v) is 17.5. The van der Waals surface area contributed by atoms with Gasteiger partial charge in [-0.15, -0.1) is 5.10 Å². The van der Waals surface area contributed by atoms with Crippen LogP contribution >= 0.6 is 34.8 Å². The van der Waals surface area contributed by atoms with Gasteiger partial charge in [0.15, 0.2) is 0 Å². The first kappa shape index (κ1) is 24.6. The van der Waals surface area contributed by atoms with Crippen molar-refractivity contribution >= 4 is 34.8 Å². The summed E-state index contributed by atoms with van der Waals surface area (Å²) in [6, 6.07) is 4.86. The highest BCUT2D eigenvalue weighted by molar-refractivity contribution is 6.37. The van der Waals surface area contributed by atoms with Gasteiger partial charge >= 0.3 is 18.0 Å². The number of nitrogens with zero attached hydrogens (tertiary/aromatic N) is 3. The summed E-state index contributed by atoms with van der Waals surface area (Å²) >= 11 is 17.7. The zero-order valence-electron chi connectivity index (χ0n) is 15.2. The Morgan fingerprint density at radius 2 is 1.41 bits per heavy atom. The van der Waals surface area contributed by atoms with E-state index in [1.165, 1.54) is 24.4 Å². The second-order valence-corrected chi connectivity index (χ2v) is 7.68. The Kier molecular flexibility index (Phi) is 6.42. The molecule has 0 saturated heterocycles. The van der Waals surface area contributed by atoms with E-state index in [1.54, 1.807) is 0 Å². The molecule has 32 heavy (non-hydrogen) atoms. The number of benzene rings is 2. The second-order valence-electron chi connectivity index (χ2n) is 6.46. The summed E-state index contributed by atoms with van der Waals surface area (Å²) in [6.45, 7) is -0.372. The van der Waals surface area contributed by atoms with E-state index in [-0.39, 0.29) is 35.1 Å².